The van der Waals surface area contributed by atoms with Crippen LogP contribution < -0.4 is 0 Å². The summed E-state index contributed by atoms with van der Waals surface area (Å²) in [4.78, 5) is 35.9. The number of allylic oxidation sites excluding steroid dienone is 2. The average Bonchev–Trinajstić information content (AvgIpc) is 3.63. The van der Waals surface area contributed by atoms with Crippen LogP contribution in [0.1, 0.15) is 87.5 Å². The molecule has 238 valence electrons. The van der Waals surface area contributed by atoms with E-state index in [1.165, 1.54) is 26.8 Å². The molecule has 0 aromatic rings. The molecule has 10 heteroatoms. The van der Waals surface area contributed by atoms with E-state index in [-0.39, 0.29) is 55.4 Å². The third kappa shape index (κ3) is 11.3. The maximum Gasteiger partial charge on any atom is 0.310 e. The SMILES string of the molecule is CCC(OC(C)=O)C(C)C1OC1CC(C)(O)/C=C/C=C(\C)C1OC(=O)CC(OC(C)=O)CCC(C)(O)C(O)/C=C/C1C. The van der Waals surface area contributed by atoms with Crippen LogP contribution in [-0.4, -0.2) is 81.1 Å². The smallest absolute Gasteiger partial charge is 0.310 e. The molecule has 2 aliphatic rings. The molecule has 0 saturated carbocycles. The van der Waals surface area contributed by atoms with Gasteiger partial charge in [-0.05, 0) is 45.6 Å². The summed E-state index contributed by atoms with van der Waals surface area (Å²) in [7, 11) is 0. The van der Waals surface area contributed by atoms with E-state index in [1.807, 2.05) is 20.8 Å². The lowest BCUT2D eigenvalue weighted by atomic mass is 9.89. The summed E-state index contributed by atoms with van der Waals surface area (Å²) in [5.74, 6) is -1.79. The van der Waals surface area contributed by atoms with E-state index in [0.717, 1.165) is 0 Å². The minimum atomic E-state index is -1.48. The Hall–Kier alpha value is -2.53. The maximum atomic E-state index is 12.9. The Bertz CT molecular complexity index is 1030. The molecular formula is C32H50O10. The van der Waals surface area contributed by atoms with Crippen molar-refractivity contribution in [3.63, 3.8) is 0 Å². The van der Waals surface area contributed by atoms with Gasteiger partial charge in [0.05, 0.1) is 29.8 Å². The first-order valence-corrected chi connectivity index (χ1v) is 14.8. The standard InChI is InChI=1S/C32H50O10/c1-9-25(40-23(6)34)21(4)30-26(41-30)18-31(7,37)15-10-11-19(2)29-20(3)12-13-27(35)32(8,38)16-14-24(39-22(5)33)17-28(36)42-29/h10-13,15,20-21,24-27,29-30,35,37-38H,9,14,16-18H2,1-8H3/b13-12+,15-10+,19-11+. The van der Waals surface area contributed by atoms with Crippen molar-refractivity contribution in [1.29, 1.82) is 0 Å². The molecule has 0 aromatic carbocycles. The molecule has 1 fully saturated rings. The number of carbonyl (C=O) groups is 3. The number of aliphatic hydroxyl groups is 3. The molecule has 0 aliphatic carbocycles. The van der Waals surface area contributed by atoms with Crippen molar-refractivity contribution in [3.05, 3.63) is 36.0 Å². The van der Waals surface area contributed by atoms with Gasteiger partial charge in [-0.25, -0.2) is 0 Å². The van der Waals surface area contributed by atoms with Crippen molar-refractivity contribution in [2.75, 3.05) is 0 Å². The van der Waals surface area contributed by atoms with Gasteiger partial charge in [0.1, 0.15) is 24.4 Å². The summed E-state index contributed by atoms with van der Waals surface area (Å²) in [6, 6.07) is 0. The maximum absolute atomic E-state index is 12.9. The van der Waals surface area contributed by atoms with Gasteiger partial charge < -0.3 is 34.3 Å². The predicted octanol–water partition coefficient (Wildman–Crippen LogP) is 3.71. The number of hydrogen-bond acceptors (Lipinski definition) is 10. The number of rotatable bonds is 10. The zero-order valence-corrected chi connectivity index (χ0v) is 26.2. The third-order valence-electron chi connectivity index (χ3n) is 7.99. The monoisotopic (exact) mass is 594 g/mol. The van der Waals surface area contributed by atoms with Crippen molar-refractivity contribution in [1.82, 2.24) is 0 Å². The van der Waals surface area contributed by atoms with Crippen LogP contribution in [0.4, 0.5) is 0 Å². The van der Waals surface area contributed by atoms with Gasteiger partial charge in [-0.15, -0.1) is 0 Å². The van der Waals surface area contributed by atoms with E-state index in [0.29, 0.717) is 18.4 Å². The molecule has 0 bridgehead atoms. The zero-order chi connectivity index (χ0) is 31.8. The topological polar surface area (TPSA) is 152 Å². The number of cyclic esters (lactones) is 1. The van der Waals surface area contributed by atoms with Crippen LogP contribution in [0.3, 0.4) is 0 Å². The van der Waals surface area contributed by atoms with Crippen molar-refractivity contribution < 1.29 is 48.7 Å². The summed E-state index contributed by atoms with van der Waals surface area (Å²) in [6.45, 7) is 13.4. The van der Waals surface area contributed by atoms with Crippen LogP contribution in [0.25, 0.3) is 0 Å². The van der Waals surface area contributed by atoms with Crippen LogP contribution in [0.5, 0.6) is 0 Å². The Morgan fingerprint density at radius 2 is 1.90 bits per heavy atom. The van der Waals surface area contributed by atoms with E-state index in [9.17, 15) is 29.7 Å². The Balaban J connectivity index is 2.14. The van der Waals surface area contributed by atoms with Crippen LogP contribution in [0.15, 0.2) is 36.0 Å². The molecule has 10 nitrogen and oxygen atoms in total. The van der Waals surface area contributed by atoms with Gasteiger partial charge in [0.2, 0.25) is 0 Å². The molecule has 1 saturated heterocycles. The van der Waals surface area contributed by atoms with Crippen molar-refractivity contribution in [2.24, 2.45) is 11.8 Å². The second-order valence-corrected chi connectivity index (χ2v) is 12.3. The fourth-order valence-corrected chi connectivity index (χ4v) is 5.37. The molecule has 10 atom stereocenters. The molecule has 0 amide bonds. The first kappa shape index (κ1) is 35.7. The molecule has 0 radical (unpaired) electrons. The quantitative estimate of drug-likeness (QED) is 0.112. The second-order valence-electron chi connectivity index (χ2n) is 12.3. The lowest BCUT2D eigenvalue weighted by molar-refractivity contribution is -0.158. The summed E-state index contributed by atoms with van der Waals surface area (Å²) < 4.78 is 22.3. The first-order valence-electron chi connectivity index (χ1n) is 14.8. The van der Waals surface area contributed by atoms with Crippen LogP contribution in [-0.2, 0) is 33.3 Å². The van der Waals surface area contributed by atoms with Gasteiger partial charge in [0.15, 0.2) is 0 Å². The van der Waals surface area contributed by atoms with Gasteiger partial charge in [0, 0.05) is 32.1 Å². The molecule has 0 aromatic heterocycles. The highest BCUT2D eigenvalue weighted by molar-refractivity contribution is 5.72. The Morgan fingerprint density at radius 3 is 2.50 bits per heavy atom. The van der Waals surface area contributed by atoms with Crippen LogP contribution in [0.2, 0.25) is 0 Å². The first-order chi connectivity index (χ1) is 19.5. The highest BCUT2D eigenvalue weighted by atomic mass is 16.6. The van der Waals surface area contributed by atoms with Crippen LogP contribution in [0, 0.1) is 11.8 Å². The fraction of sp³-hybridized carbons (Fsp3) is 0.719. The third-order valence-corrected chi connectivity index (χ3v) is 7.99. The summed E-state index contributed by atoms with van der Waals surface area (Å²) in [5, 5.41) is 32.3. The van der Waals surface area contributed by atoms with Crippen molar-refractivity contribution in [2.45, 2.75) is 135 Å². The summed E-state index contributed by atoms with van der Waals surface area (Å²) >= 11 is 0. The lowest BCUT2D eigenvalue weighted by Gasteiger charge is -2.31. The summed E-state index contributed by atoms with van der Waals surface area (Å²) in [6.07, 6.45) is 6.21. The second kappa shape index (κ2) is 15.3. The normalized spacial score (nSPS) is 34.6. The minimum absolute atomic E-state index is 0.00110. The predicted molar refractivity (Wildman–Crippen MR) is 156 cm³/mol. The molecule has 42 heavy (non-hydrogen) atoms. The highest BCUT2D eigenvalue weighted by Crippen LogP contribution is 2.38. The molecule has 2 heterocycles. The molecule has 3 N–H and O–H groups in total. The minimum Gasteiger partial charge on any atom is -0.462 e. The molecule has 0 spiro atoms. The van der Waals surface area contributed by atoms with Gasteiger partial charge >= 0.3 is 17.9 Å². The fourth-order valence-electron chi connectivity index (χ4n) is 5.37. The Kier molecular flexibility index (Phi) is 13.0. The molecule has 2 aliphatic heterocycles. The molecule has 10 unspecified atom stereocenters. The van der Waals surface area contributed by atoms with Crippen molar-refractivity contribution >= 4 is 17.9 Å². The zero-order valence-electron chi connectivity index (χ0n) is 26.2. The number of aliphatic hydroxyl groups excluding tert-OH is 1. The van der Waals surface area contributed by atoms with Crippen LogP contribution >= 0.6 is 0 Å². The molecule has 2 rings (SSSR count). The number of esters is 3. The van der Waals surface area contributed by atoms with Gasteiger partial charge in [-0.1, -0.05) is 51.2 Å². The van der Waals surface area contributed by atoms with Gasteiger partial charge in [-0.2, -0.15) is 0 Å². The van der Waals surface area contributed by atoms with E-state index >= 15 is 0 Å². The number of hydrogen-bond donors (Lipinski definition) is 3. The molecular weight excluding hydrogens is 544 g/mol. The Labute approximate surface area is 249 Å². The number of carbonyl (C=O) groups excluding carboxylic acids is 3. The largest absolute Gasteiger partial charge is 0.462 e. The van der Waals surface area contributed by atoms with E-state index < -0.39 is 41.5 Å². The number of ether oxygens (including phenoxy) is 4. The van der Waals surface area contributed by atoms with Gasteiger partial charge in [-0.3, -0.25) is 14.4 Å². The van der Waals surface area contributed by atoms with Gasteiger partial charge in [0.25, 0.3) is 0 Å². The Morgan fingerprint density at radius 1 is 1.24 bits per heavy atom. The lowest BCUT2D eigenvalue weighted by Crippen LogP contribution is -2.40. The number of epoxide rings is 1. The van der Waals surface area contributed by atoms with E-state index in [1.54, 1.807) is 38.2 Å². The van der Waals surface area contributed by atoms with Crippen molar-refractivity contribution in [3.8, 4) is 0 Å². The summed E-state index contributed by atoms with van der Waals surface area (Å²) in [5.41, 5.74) is -1.97. The highest BCUT2D eigenvalue weighted by Gasteiger charge is 2.48. The average molecular weight is 595 g/mol. The van der Waals surface area contributed by atoms with E-state index in [2.05, 4.69) is 0 Å². The van der Waals surface area contributed by atoms with E-state index in [4.69, 9.17) is 18.9 Å².